The van der Waals surface area contributed by atoms with E-state index in [0.717, 1.165) is 5.56 Å². The van der Waals surface area contributed by atoms with Crippen LogP contribution in [0.1, 0.15) is 24.1 Å². The molecule has 0 saturated carbocycles. The molecule has 0 radical (unpaired) electrons. The molecule has 0 bridgehead atoms. The van der Waals surface area contributed by atoms with Crippen molar-refractivity contribution in [3.8, 4) is 5.75 Å². The molecule has 0 aliphatic carbocycles. The van der Waals surface area contributed by atoms with Gasteiger partial charge in [-0.1, -0.05) is 36.4 Å². The highest BCUT2D eigenvalue weighted by molar-refractivity contribution is 5.79. The average molecular weight is 287 g/mol. The average Bonchev–Trinajstić information content (AvgIpc) is 2.48. The second-order valence-electron chi connectivity index (χ2n) is 4.85. The van der Waals surface area contributed by atoms with Gasteiger partial charge in [-0.25, -0.2) is 4.39 Å². The molecule has 1 amide bonds. The summed E-state index contributed by atoms with van der Waals surface area (Å²) in [6.07, 6.45) is 0.137. The largest absolute Gasteiger partial charge is 0.494 e. The van der Waals surface area contributed by atoms with Crippen molar-refractivity contribution in [3.05, 3.63) is 65.5 Å². The van der Waals surface area contributed by atoms with Crippen molar-refractivity contribution in [2.24, 2.45) is 0 Å². The number of carbonyl (C=O) groups excluding carboxylic acids is 1. The van der Waals surface area contributed by atoms with Crippen LogP contribution in [0.2, 0.25) is 0 Å². The maximum Gasteiger partial charge on any atom is 0.224 e. The number of benzene rings is 2. The van der Waals surface area contributed by atoms with Gasteiger partial charge in [-0.05, 0) is 30.2 Å². The fourth-order valence-corrected chi connectivity index (χ4v) is 2.12. The van der Waals surface area contributed by atoms with Gasteiger partial charge in [0.15, 0.2) is 11.6 Å². The Kier molecular flexibility index (Phi) is 4.93. The first kappa shape index (κ1) is 15.0. The van der Waals surface area contributed by atoms with E-state index in [0.29, 0.717) is 5.56 Å². The van der Waals surface area contributed by atoms with E-state index >= 15 is 0 Å². The van der Waals surface area contributed by atoms with Crippen LogP contribution in [-0.4, -0.2) is 13.0 Å². The number of carbonyl (C=O) groups is 1. The number of halogens is 1. The van der Waals surface area contributed by atoms with Crippen LogP contribution in [0.3, 0.4) is 0 Å². The van der Waals surface area contributed by atoms with Gasteiger partial charge in [-0.15, -0.1) is 0 Å². The summed E-state index contributed by atoms with van der Waals surface area (Å²) in [5.74, 6) is -0.424. The molecule has 1 atom stereocenters. The van der Waals surface area contributed by atoms with E-state index in [2.05, 4.69) is 5.32 Å². The molecule has 21 heavy (non-hydrogen) atoms. The van der Waals surface area contributed by atoms with Crippen molar-refractivity contribution in [2.45, 2.75) is 19.4 Å². The van der Waals surface area contributed by atoms with Crippen molar-refractivity contribution in [2.75, 3.05) is 7.11 Å². The zero-order valence-electron chi connectivity index (χ0n) is 12.1. The van der Waals surface area contributed by atoms with E-state index in [9.17, 15) is 9.18 Å². The maximum absolute atomic E-state index is 13.6. The van der Waals surface area contributed by atoms with Crippen LogP contribution in [0.25, 0.3) is 0 Å². The van der Waals surface area contributed by atoms with Crippen LogP contribution in [0.15, 0.2) is 48.5 Å². The van der Waals surface area contributed by atoms with Crippen molar-refractivity contribution in [1.29, 1.82) is 0 Å². The molecular weight excluding hydrogens is 269 g/mol. The fourth-order valence-electron chi connectivity index (χ4n) is 2.12. The zero-order valence-corrected chi connectivity index (χ0v) is 12.1. The predicted octanol–water partition coefficient (Wildman–Crippen LogP) is 3.25. The Bertz CT molecular complexity index is 613. The summed E-state index contributed by atoms with van der Waals surface area (Å²) < 4.78 is 18.4. The lowest BCUT2D eigenvalue weighted by atomic mass is 10.1. The Morgan fingerprint density at radius 2 is 1.95 bits per heavy atom. The highest BCUT2D eigenvalue weighted by Crippen LogP contribution is 2.18. The molecule has 0 spiro atoms. The van der Waals surface area contributed by atoms with Crippen molar-refractivity contribution in [1.82, 2.24) is 5.32 Å². The monoisotopic (exact) mass is 287 g/mol. The molecule has 2 aromatic carbocycles. The van der Waals surface area contributed by atoms with E-state index in [4.69, 9.17) is 4.74 Å². The summed E-state index contributed by atoms with van der Waals surface area (Å²) in [4.78, 5) is 12.0. The number of nitrogens with one attached hydrogen (secondary N) is 1. The second kappa shape index (κ2) is 6.88. The minimum absolute atomic E-state index is 0.0817. The lowest BCUT2D eigenvalue weighted by molar-refractivity contribution is -0.121. The normalized spacial score (nSPS) is 11.8. The lowest BCUT2D eigenvalue weighted by Gasteiger charge is -2.14. The van der Waals surface area contributed by atoms with Gasteiger partial charge in [0.25, 0.3) is 0 Å². The minimum atomic E-state index is -0.459. The molecule has 4 heteroatoms. The summed E-state index contributed by atoms with van der Waals surface area (Å²) in [5, 5.41) is 2.90. The first-order valence-corrected chi connectivity index (χ1v) is 6.77. The minimum Gasteiger partial charge on any atom is -0.494 e. The van der Waals surface area contributed by atoms with Crippen molar-refractivity contribution < 1.29 is 13.9 Å². The smallest absolute Gasteiger partial charge is 0.224 e. The third-order valence-electron chi connectivity index (χ3n) is 3.26. The summed E-state index contributed by atoms with van der Waals surface area (Å²) in [5.41, 5.74) is 1.65. The SMILES string of the molecule is COc1ccc(CC(=O)N[C@H](C)c2ccccc2)cc1F. The van der Waals surface area contributed by atoms with Crippen LogP contribution in [-0.2, 0) is 11.2 Å². The molecular formula is C17H18FNO2. The molecule has 2 aromatic rings. The Balaban J connectivity index is 1.97. The lowest BCUT2D eigenvalue weighted by Crippen LogP contribution is -2.28. The van der Waals surface area contributed by atoms with Crippen molar-refractivity contribution in [3.63, 3.8) is 0 Å². The van der Waals surface area contributed by atoms with Gasteiger partial charge in [0.2, 0.25) is 5.91 Å². The number of hydrogen-bond acceptors (Lipinski definition) is 2. The molecule has 1 N–H and O–H groups in total. The van der Waals surface area contributed by atoms with Gasteiger partial charge in [0.1, 0.15) is 0 Å². The van der Waals surface area contributed by atoms with Crippen LogP contribution >= 0.6 is 0 Å². The second-order valence-corrected chi connectivity index (χ2v) is 4.85. The molecule has 0 unspecified atom stereocenters. The highest BCUT2D eigenvalue weighted by Gasteiger charge is 2.11. The molecule has 110 valence electrons. The van der Waals surface area contributed by atoms with Crippen molar-refractivity contribution >= 4 is 5.91 Å². The number of rotatable bonds is 5. The quantitative estimate of drug-likeness (QED) is 0.916. The summed E-state index contributed by atoms with van der Waals surface area (Å²) in [6, 6.07) is 14.2. The van der Waals surface area contributed by atoms with E-state index < -0.39 is 5.82 Å². The number of hydrogen-bond donors (Lipinski definition) is 1. The summed E-state index contributed by atoms with van der Waals surface area (Å²) >= 11 is 0. The molecule has 0 saturated heterocycles. The Morgan fingerprint density at radius 3 is 2.57 bits per heavy atom. The topological polar surface area (TPSA) is 38.3 Å². The van der Waals surface area contributed by atoms with Crippen LogP contribution in [0, 0.1) is 5.82 Å². The summed E-state index contributed by atoms with van der Waals surface area (Å²) in [6.45, 7) is 1.92. The van der Waals surface area contributed by atoms with E-state index in [1.807, 2.05) is 37.3 Å². The maximum atomic E-state index is 13.6. The first-order valence-electron chi connectivity index (χ1n) is 6.77. The van der Waals surface area contributed by atoms with Crippen LogP contribution < -0.4 is 10.1 Å². The molecule has 0 heterocycles. The van der Waals surface area contributed by atoms with Gasteiger partial charge < -0.3 is 10.1 Å². The van der Waals surface area contributed by atoms with Gasteiger partial charge in [0.05, 0.1) is 19.6 Å². The molecule has 0 aliphatic rings. The highest BCUT2D eigenvalue weighted by atomic mass is 19.1. The third-order valence-corrected chi connectivity index (χ3v) is 3.26. The zero-order chi connectivity index (χ0) is 15.2. The molecule has 2 rings (SSSR count). The standard InChI is InChI=1S/C17H18FNO2/c1-12(14-6-4-3-5-7-14)19-17(20)11-13-8-9-16(21-2)15(18)10-13/h3-10,12H,11H2,1-2H3,(H,19,20)/t12-/m1/s1. The van der Waals surface area contributed by atoms with Gasteiger partial charge in [-0.3, -0.25) is 4.79 Å². The molecule has 0 fully saturated rings. The molecule has 3 nitrogen and oxygen atoms in total. The number of amides is 1. The van der Waals surface area contributed by atoms with Gasteiger partial charge in [-0.2, -0.15) is 0 Å². The number of methoxy groups -OCH3 is 1. The Morgan fingerprint density at radius 1 is 1.24 bits per heavy atom. The van der Waals surface area contributed by atoms with Gasteiger partial charge in [0, 0.05) is 0 Å². The van der Waals surface area contributed by atoms with E-state index in [1.165, 1.54) is 19.2 Å². The van der Waals surface area contributed by atoms with Crippen LogP contribution in [0.4, 0.5) is 4.39 Å². The Labute approximate surface area is 123 Å². The predicted molar refractivity (Wildman–Crippen MR) is 79.7 cm³/mol. The van der Waals surface area contributed by atoms with Crippen LogP contribution in [0.5, 0.6) is 5.75 Å². The third kappa shape index (κ3) is 4.05. The van der Waals surface area contributed by atoms with Gasteiger partial charge >= 0.3 is 0 Å². The Hall–Kier alpha value is -2.36. The molecule has 0 aromatic heterocycles. The number of ether oxygens (including phenoxy) is 1. The fraction of sp³-hybridized carbons (Fsp3) is 0.235. The summed E-state index contributed by atoms with van der Waals surface area (Å²) in [7, 11) is 1.41. The first-order chi connectivity index (χ1) is 10.1. The van der Waals surface area contributed by atoms with E-state index in [-0.39, 0.29) is 24.1 Å². The van der Waals surface area contributed by atoms with E-state index in [1.54, 1.807) is 6.07 Å². The molecule has 0 aliphatic heterocycles.